The summed E-state index contributed by atoms with van der Waals surface area (Å²) in [6, 6.07) is -0.656. The molecule has 2 unspecified atom stereocenters. The van der Waals surface area contributed by atoms with E-state index in [4.69, 9.17) is 0 Å². The summed E-state index contributed by atoms with van der Waals surface area (Å²) in [7, 11) is 0. The average Bonchev–Trinajstić information content (AvgIpc) is 3.35. The minimum Gasteiger partial charge on any atom is -0.394 e. The third-order valence-corrected chi connectivity index (χ3v) is 12.3. The van der Waals surface area contributed by atoms with Gasteiger partial charge in [-0.05, 0) is 109 Å². The number of aliphatic hydroxyl groups excluding tert-OH is 2. The Morgan fingerprint density at radius 2 is 0.652 bits per heavy atom. The highest BCUT2D eigenvalue weighted by atomic mass is 16.3. The summed E-state index contributed by atoms with van der Waals surface area (Å²) in [6.07, 6.45) is 91.8. The van der Waals surface area contributed by atoms with Crippen LogP contribution < -0.4 is 5.32 Å². The highest BCUT2D eigenvalue weighted by molar-refractivity contribution is 5.76. The van der Waals surface area contributed by atoms with Crippen molar-refractivity contribution in [1.82, 2.24) is 5.32 Å². The lowest BCUT2D eigenvalue weighted by atomic mass is 10.0. The fraction of sp³-hybridized carbons (Fsp3) is 0.646. The molecule has 392 valence electrons. The van der Waals surface area contributed by atoms with Gasteiger partial charge >= 0.3 is 0 Å². The lowest BCUT2D eigenvalue weighted by Gasteiger charge is -2.19. The van der Waals surface area contributed by atoms with Crippen LogP contribution in [0, 0.1) is 0 Å². The Labute approximate surface area is 428 Å². The van der Waals surface area contributed by atoms with Crippen LogP contribution in [0.25, 0.3) is 0 Å². The molecule has 0 rings (SSSR count). The van der Waals surface area contributed by atoms with Crippen LogP contribution in [0.5, 0.6) is 0 Å². The second-order valence-corrected chi connectivity index (χ2v) is 19.0. The zero-order valence-corrected chi connectivity index (χ0v) is 45.0. The number of rotatable bonds is 51. The first-order valence-electron chi connectivity index (χ1n) is 28.9. The van der Waals surface area contributed by atoms with Gasteiger partial charge in [0.1, 0.15) is 0 Å². The molecule has 2 atom stereocenters. The van der Waals surface area contributed by atoms with Gasteiger partial charge in [-0.25, -0.2) is 0 Å². The van der Waals surface area contributed by atoms with Crippen LogP contribution in [0.4, 0.5) is 0 Å². The van der Waals surface area contributed by atoms with Gasteiger partial charge in [0.25, 0.3) is 0 Å². The van der Waals surface area contributed by atoms with E-state index in [0.717, 1.165) is 89.9 Å². The van der Waals surface area contributed by atoms with Crippen LogP contribution in [0.1, 0.15) is 251 Å². The second-order valence-electron chi connectivity index (χ2n) is 19.0. The maximum Gasteiger partial charge on any atom is 0.220 e. The van der Waals surface area contributed by atoms with Gasteiger partial charge in [-0.3, -0.25) is 4.79 Å². The van der Waals surface area contributed by atoms with Crippen LogP contribution in [-0.2, 0) is 4.79 Å². The Kier molecular flexibility index (Phi) is 55.9. The summed E-state index contributed by atoms with van der Waals surface area (Å²) in [6.45, 7) is 4.18. The number of amides is 1. The van der Waals surface area contributed by atoms with Gasteiger partial charge in [0.15, 0.2) is 0 Å². The Balaban J connectivity index is 3.62. The third kappa shape index (κ3) is 55.3. The third-order valence-electron chi connectivity index (χ3n) is 12.3. The fourth-order valence-corrected chi connectivity index (χ4v) is 7.99. The summed E-state index contributed by atoms with van der Waals surface area (Å²) < 4.78 is 0. The summed E-state index contributed by atoms with van der Waals surface area (Å²) in [5.41, 5.74) is 0. The largest absolute Gasteiger partial charge is 0.394 e. The monoisotopic (exact) mass is 952 g/mol. The molecule has 4 nitrogen and oxygen atoms in total. The lowest BCUT2D eigenvalue weighted by molar-refractivity contribution is -0.123. The molecule has 0 aromatic carbocycles. The maximum atomic E-state index is 12.5. The molecule has 69 heavy (non-hydrogen) atoms. The zero-order valence-electron chi connectivity index (χ0n) is 45.0. The summed E-state index contributed by atoms with van der Waals surface area (Å²) in [5.74, 6) is -0.0847. The highest BCUT2D eigenvalue weighted by Gasteiger charge is 2.17. The van der Waals surface area contributed by atoms with Crippen LogP contribution in [0.15, 0.2) is 134 Å². The lowest BCUT2D eigenvalue weighted by Crippen LogP contribution is -2.45. The summed E-state index contributed by atoms with van der Waals surface area (Å²) >= 11 is 0. The normalized spacial score (nSPS) is 13.9. The number of aliphatic hydroxyl groups is 2. The highest BCUT2D eigenvalue weighted by Crippen LogP contribution is 2.15. The van der Waals surface area contributed by atoms with E-state index >= 15 is 0 Å². The van der Waals surface area contributed by atoms with Crippen molar-refractivity contribution in [3.8, 4) is 0 Å². The van der Waals surface area contributed by atoms with E-state index in [0.29, 0.717) is 6.42 Å². The van der Waals surface area contributed by atoms with Gasteiger partial charge in [-0.2, -0.15) is 0 Å². The SMILES string of the molecule is CC/C=C\C/C=C\C/C=C\C/C=C\C/C=C\C/C=C\C/C=C\C/C=C\CCCCCCCCCCCCCCC(=O)NC(CO)C(O)/C=C/CC/C=C/CC/C=C/CCCCCCCCCCCC. The quantitative estimate of drug-likeness (QED) is 0.0420. The van der Waals surface area contributed by atoms with Crippen LogP contribution in [0.3, 0.4) is 0 Å². The molecular formula is C65H109NO3. The van der Waals surface area contributed by atoms with Gasteiger partial charge in [0, 0.05) is 6.42 Å². The molecule has 0 spiro atoms. The maximum absolute atomic E-state index is 12.5. The Bertz CT molecular complexity index is 1400. The molecule has 0 aliphatic carbocycles. The molecule has 1 amide bonds. The number of allylic oxidation sites excluding steroid dienone is 21. The molecule has 0 aromatic rings. The fourth-order valence-electron chi connectivity index (χ4n) is 7.99. The number of hydrogen-bond donors (Lipinski definition) is 3. The minimum absolute atomic E-state index is 0.0847. The Hall–Kier alpha value is -3.47. The zero-order chi connectivity index (χ0) is 49.9. The van der Waals surface area contributed by atoms with Crippen molar-refractivity contribution >= 4 is 5.91 Å². The van der Waals surface area contributed by atoms with E-state index in [1.807, 2.05) is 6.08 Å². The molecule has 0 aliphatic heterocycles. The predicted molar refractivity (Wildman–Crippen MR) is 308 cm³/mol. The van der Waals surface area contributed by atoms with Crippen molar-refractivity contribution in [3.63, 3.8) is 0 Å². The van der Waals surface area contributed by atoms with Crippen molar-refractivity contribution in [2.45, 2.75) is 264 Å². The van der Waals surface area contributed by atoms with E-state index in [1.165, 1.54) is 141 Å². The van der Waals surface area contributed by atoms with E-state index in [-0.39, 0.29) is 12.5 Å². The van der Waals surface area contributed by atoms with Crippen molar-refractivity contribution in [2.75, 3.05) is 6.61 Å². The van der Waals surface area contributed by atoms with Crippen molar-refractivity contribution in [3.05, 3.63) is 134 Å². The van der Waals surface area contributed by atoms with E-state index in [9.17, 15) is 15.0 Å². The van der Waals surface area contributed by atoms with Gasteiger partial charge in [-0.1, -0.05) is 270 Å². The van der Waals surface area contributed by atoms with Gasteiger partial charge in [0.05, 0.1) is 18.8 Å². The Morgan fingerprint density at radius 3 is 1.01 bits per heavy atom. The average molecular weight is 953 g/mol. The standard InChI is InChI=1S/C65H109NO3/c1-3-5-7-9-11-13-15-17-19-21-23-25-26-27-28-29-30-31-32-33-34-35-36-37-38-39-40-41-43-45-47-49-51-53-55-57-59-61-65(69)66-63(62-67)64(68)60-58-56-54-52-50-48-46-44-42-24-22-20-18-16-14-12-10-8-6-4-2/h5,7,11,13,17,19,23,25,27-28,30-31,33-34,36-37,42,44,50,52,58,60,63-64,67-68H,3-4,6,8-10,12,14-16,18,20-22,24,26,29,32,35,38-41,43,45-49,51,53-57,59,61-62H2,1-2H3,(H,66,69)/b7-5-,13-11-,19-17-,25-23-,28-27-,31-30-,34-33-,37-36-,44-42+,52-50+,60-58+. The number of nitrogens with one attached hydrogen (secondary N) is 1. The van der Waals surface area contributed by atoms with Crippen molar-refractivity contribution < 1.29 is 15.0 Å². The first kappa shape index (κ1) is 65.5. The number of carbonyl (C=O) groups excluding carboxylic acids is 1. The van der Waals surface area contributed by atoms with Gasteiger partial charge < -0.3 is 15.5 Å². The Morgan fingerprint density at radius 1 is 0.362 bits per heavy atom. The molecule has 0 bridgehead atoms. The topological polar surface area (TPSA) is 69.6 Å². The van der Waals surface area contributed by atoms with Crippen molar-refractivity contribution in [1.29, 1.82) is 0 Å². The first-order chi connectivity index (χ1) is 34.2. The van der Waals surface area contributed by atoms with E-state index < -0.39 is 12.1 Å². The van der Waals surface area contributed by atoms with Crippen LogP contribution >= 0.6 is 0 Å². The van der Waals surface area contributed by atoms with Gasteiger partial charge in [0.2, 0.25) is 5.91 Å². The molecule has 0 heterocycles. The molecule has 0 saturated carbocycles. The molecule has 0 fully saturated rings. The smallest absolute Gasteiger partial charge is 0.220 e. The number of hydrogen-bond acceptors (Lipinski definition) is 3. The molecule has 3 N–H and O–H groups in total. The van der Waals surface area contributed by atoms with Crippen LogP contribution in [-0.4, -0.2) is 34.9 Å². The molecule has 0 aliphatic rings. The minimum atomic E-state index is -0.880. The molecule has 0 saturated heterocycles. The molecule has 0 radical (unpaired) electrons. The summed E-state index contributed by atoms with van der Waals surface area (Å²) in [5, 5.41) is 23.1. The molecule has 4 heteroatoms. The van der Waals surface area contributed by atoms with Crippen LogP contribution in [0.2, 0.25) is 0 Å². The second kappa shape index (κ2) is 58.8. The number of carbonyl (C=O) groups is 1. The van der Waals surface area contributed by atoms with Crippen molar-refractivity contribution in [2.24, 2.45) is 0 Å². The molecular weight excluding hydrogens is 843 g/mol. The molecule has 0 aromatic heterocycles. The first-order valence-corrected chi connectivity index (χ1v) is 28.9. The summed E-state index contributed by atoms with van der Waals surface area (Å²) in [4.78, 5) is 12.5. The predicted octanol–water partition coefficient (Wildman–Crippen LogP) is 19.4. The number of unbranched alkanes of at least 4 members (excludes halogenated alkanes) is 24. The van der Waals surface area contributed by atoms with E-state index in [1.54, 1.807) is 6.08 Å². The van der Waals surface area contributed by atoms with Gasteiger partial charge in [-0.15, -0.1) is 0 Å². The van der Waals surface area contributed by atoms with E-state index in [2.05, 4.69) is 141 Å².